The van der Waals surface area contributed by atoms with Crippen LogP contribution < -0.4 is 16.6 Å². The Morgan fingerprint density at radius 3 is 2.55 bits per heavy atom. The van der Waals surface area contributed by atoms with E-state index < -0.39 is 23.1 Å². The summed E-state index contributed by atoms with van der Waals surface area (Å²) in [4.78, 5) is 49.9. The van der Waals surface area contributed by atoms with Crippen molar-refractivity contribution in [3.05, 3.63) is 61.4 Å². The van der Waals surface area contributed by atoms with E-state index >= 15 is 0 Å². The molecule has 0 saturated heterocycles. The van der Waals surface area contributed by atoms with Crippen molar-refractivity contribution in [2.24, 2.45) is 0 Å². The van der Waals surface area contributed by atoms with Crippen LogP contribution in [0.2, 0.25) is 5.02 Å². The molecular weight excluding hydrogens is 314 g/mol. The number of halogens is 1. The zero-order valence-electron chi connectivity index (χ0n) is 11.2. The predicted molar refractivity (Wildman–Crippen MR) is 78.4 cm³/mol. The minimum atomic E-state index is -0.813. The zero-order valence-corrected chi connectivity index (χ0v) is 12.0. The van der Waals surface area contributed by atoms with Crippen LogP contribution in [0, 0.1) is 0 Å². The number of carbonyl (C=O) groups excluding carboxylic acids is 2. The molecule has 114 valence electrons. The molecule has 0 atom stereocenters. The summed E-state index contributed by atoms with van der Waals surface area (Å²) in [6, 6.07) is 5.08. The Morgan fingerprint density at radius 1 is 1.18 bits per heavy atom. The van der Waals surface area contributed by atoms with Crippen LogP contribution >= 0.6 is 11.6 Å². The summed E-state index contributed by atoms with van der Waals surface area (Å²) in [5, 5.41) is 2.57. The van der Waals surface area contributed by atoms with Gasteiger partial charge in [-0.05, 0) is 18.2 Å². The van der Waals surface area contributed by atoms with Gasteiger partial charge in [-0.15, -0.1) is 0 Å². The summed E-state index contributed by atoms with van der Waals surface area (Å²) in [6.07, 6.45) is 0. The molecule has 1 heterocycles. The molecule has 0 unspecified atom stereocenters. The monoisotopic (exact) mass is 323 g/mol. The molecule has 22 heavy (non-hydrogen) atoms. The lowest BCUT2D eigenvalue weighted by Crippen LogP contribution is -2.27. The van der Waals surface area contributed by atoms with Crippen LogP contribution in [0.4, 0.5) is 5.69 Å². The number of benzene rings is 1. The normalized spacial score (nSPS) is 10.1. The lowest BCUT2D eigenvalue weighted by molar-refractivity contribution is 0.0600. The number of ether oxygens (including phenoxy) is 1. The van der Waals surface area contributed by atoms with E-state index in [0.717, 1.165) is 6.07 Å². The fourth-order valence-corrected chi connectivity index (χ4v) is 1.81. The van der Waals surface area contributed by atoms with Crippen molar-refractivity contribution in [2.75, 3.05) is 12.4 Å². The molecule has 0 saturated carbocycles. The van der Waals surface area contributed by atoms with Gasteiger partial charge in [0, 0.05) is 6.07 Å². The molecule has 0 fully saturated rings. The van der Waals surface area contributed by atoms with Crippen molar-refractivity contribution in [3.8, 4) is 0 Å². The molecule has 0 spiro atoms. The van der Waals surface area contributed by atoms with E-state index in [9.17, 15) is 19.2 Å². The van der Waals surface area contributed by atoms with Gasteiger partial charge in [0.05, 0.1) is 23.4 Å². The molecule has 2 aromatic rings. The van der Waals surface area contributed by atoms with Crippen LogP contribution in [0.25, 0.3) is 0 Å². The summed E-state index contributed by atoms with van der Waals surface area (Å²) in [7, 11) is 1.22. The highest BCUT2D eigenvalue weighted by molar-refractivity contribution is 6.34. The third kappa shape index (κ3) is 3.41. The number of aromatic nitrogens is 2. The second-order valence-electron chi connectivity index (χ2n) is 4.14. The number of methoxy groups -OCH3 is 1. The van der Waals surface area contributed by atoms with Crippen molar-refractivity contribution >= 4 is 29.2 Å². The average Bonchev–Trinajstić information content (AvgIpc) is 2.47. The molecule has 0 aliphatic carbocycles. The smallest absolute Gasteiger partial charge is 0.337 e. The van der Waals surface area contributed by atoms with Gasteiger partial charge < -0.3 is 15.0 Å². The van der Waals surface area contributed by atoms with E-state index in [1.165, 1.54) is 25.3 Å². The predicted octanol–water partition coefficient (Wildman–Crippen LogP) is 0.755. The topological polar surface area (TPSA) is 121 Å². The standard InChI is InChI=1S/C13H10ClN3O5/c1-22-12(20)6-2-3-7(14)8(4-6)15-11(19)9-5-10(18)17-13(21)16-9/h2-5H,1H3,(H,15,19)(H2,16,17,18,21). The molecule has 0 aliphatic heterocycles. The molecule has 1 amide bonds. The number of anilines is 1. The number of H-pyrrole nitrogens is 2. The van der Waals surface area contributed by atoms with E-state index in [1.807, 2.05) is 4.98 Å². The van der Waals surface area contributed by atoms with Gasteiger partial charge in [-0.25, -0.2) is 9.59 Å². The van der Waals surface area contributed by atoms with E-state index in [0.29, 0.717) is 0 Å². The second-order valence-corrected chi connectivity index (χ2v) is 4.55. The fourth-order valence-electron chi connectivity index (χ4n) is 1.65. The van der Waals surface area contributed by atoms with Crippen LogP contribution in [0.1, 0.15) is 20.8 Å². The summed E-state index contributed by atoms with van der Waals surface area (Å²) in [5.74, 6) is -1.36. The Balaban J connectivity index is 2.33. The quantitative estimate of drug-likeness (QED) is 0.720. The Kier molecular flexibility index (Phi) is 4.42. The maximum atomic E-state index is 12.0. The Bertz CT molecular complexity index is 827. The molecule has 8 nitrogen and oxygen atoms in total. The van der Waals surface area contributed by atoms with Gasteiger partial charge in [-0.1, -0.05) is 11.6 Å². The number of aromatic amines is 2. The summed E-state index contributed by atoms with van der Waals surface area (Å²) < 4.78 is 4.56. The highest BCUT2D eigenvalue weighted by Gasteiger charge is 2.13. The van der Waals surface area contributed by atoms with Gasteiger partial charge in [-0.3, -0.25) is 14.6 Å². The van der Waals surface area contributed by atoms with Gasteiger partial charge >= 0.3 is 11.7 Å². The zero-order chi connectivity index (χ0) is 16.3. The molecule has 9 heteroatoms. The molecular formula is C13H10ClN3O5. The van der Waals surface area contributed by atoms with Gasteiger partial charge in [0.1, 0.15) is 5.69 Å². The van der Waals surface area contributed by atoms with Crippen LogP contribution in [0.5, 0.6) is 0 Å². The summed E-state index contributed by atoms with van der Waals surface area (Å²) >= 11 is 5.93. The molecule has 3 N–H and O–H groups in total. The number of hydrogen-bond donors (Lipinski definition) is 3. The van der Waals surface area contributed by atoms with Crippen LogP contribution in [-0.4, -0.2) is 29.0 Å². The van der Waals surface area contributed by atoms with Gasteiger partial charge in [-0.2, -0.15) is 0 Å². The lowest BCUT2D eigenvalue weighted by Gasteiger charge is -2.08. The van der Waals surface area contributed by atoms with Crippen molar-refractivity contribution in [1.82, 2.24) is 9.97 Å². The molecule has 1 aromatic carbocycles. The first-order chi connectivity index (χ1) is 10.4. The first kappa shape index (κ1) is 15.5. The second kappa shape index (κ2) is 6.27. The highest BCUT2D eigenvalue weighted by Crippen LogP contribution is 2.23. The lowest BCUT2D eigenvalue weighted by atomic mass is 10.2. The Morgan fingerprint density at radius 2 is 1.91 bits per heavy atom. The van der Waals surface area contributed by atoms with Crippen LogP contribution in [0.3, 0.4) is 0 Å². The average molecular weight is 324 g/mol. The first-order valence-corrected chi connectivity index (χ1v) is 6.31. The number of rotatable bonds is 3. The van der Waals surface area contributed by atoms with E-state index in [2.05, 4.69) is 15.0 Å². The summed E-state index contributed by atoms with van der Waals surface area (Å²) in [6.45, 7) is 0. The minimum absolute atomic E-state index is 0.135. The Hall–Kier alpha value is -2.87. The highest BCUT2D eigenvalue weighted by atomic mass is 35.5. The van der Waals surface area contributed by atoms with Crippen LogP contribution in [0.15, 0.2) is 33.9 Å². The van der Waals surface area contributed by atoms with Crippen molar-refractivity contribution < 1.29 is 14.3 Å². The minimum Gasteiger partial charge on any atom is -0.465 e. The molecule has 2 rings (SSSR count). The third-order valence-electron chi connectivity index (χ3n) is 2.64. The van der Waals surface area contributed by atoms with E-state index in [1.54, 1.807) is 0 Å². The van der Waals surface area contributed by atoms with Gasteiger partial charge in [0.25, 0.3) is 11.5 Å². The summed E-state index contributed by atoms with van der Waals surface area (Å²) in [5.41, 5.74) is -1.46. The molecule has 0 aliphatic rings. The maximum Gasteiger partial charge on any atom is 0.337 e. The van der Waals surface area contributed by atoms with E-state index in [-0.39, 0.29) is 22.0 Å². The van der Waals surface area contributed by atoms with Crippen molar-refractivity contribution in [2.45, 2.75) is 0 Å². The number of nitrogens with one attached hydrogen (secondary N) is 3. The van der Waals surface area contributed by atoms with Crippen molar-refractivity contribution in [1.29, 1.82) is 0 Å². The molecule has 1 aromatic heterocycles. The SMILES string of the molecule is COC(=O)c1ccc(Cl)c(NC(=O)c2cc(=O)[nH]c(=O)[nH]2)c1. The number of amides is 1. The third-order valence-corrected chi connectivity index (χ3v) is 2.97. The molecule has 0 radical (unpaired) electrons. The maximum absolute atomic E-state index is 12.0. The van der Waals surface area contributed by atoms with Gasteiger partial charge in [0.15, 0.2) is 0 Å². The van der Waals surface area contributed by atoms with E-state index in [4.69, 9.17) is 11.6 Å². The number of carbonyl (C=O) groups is 2. The fraction of sp³-hybridized carbons (Fsp3) is 0.0769. The molecule has 0 bridgehead atoms. The van der Waals surface area contributed by atoms with Gasteiger partial charge in [0.2, 0.25) is 0 Å². The number of hydrogen-bond acceptors (Lipinski definition) is 5. The Labute approximate surface area is 128 Å². The van der Waals surface area contributed by atoms with Crippen LogP contribution in [-0.2, 0) is 4.74 Å². The van der Waals surface area contributed by atoms with Crippen molar-refractivity contribution in [3.63, 3.8) is 0 Å². The number of esters is 1. The largest absolute Gasteiger partial charge is 0.465 e. The first-order valence-electron chi connectivity index (χ1n) is 5.93.